The van der Waals surface area contributed by atoms with Gasteiger partial charge in [-0.2, -0.15) is 0 Å². The van der Waals surface area contributed by atoms with Crippen molar-refractivity contribution in [3.05, 3.63) is 0 Å². The second-order valence-electron chi connectivity index (χ2n) is 2.95. The van der Waals surface area contributed by atoms with E-state index in [1.54, 1.807) is 0 Å². The van der Waals surface area contributed by atoms with Gasteiger partial charge in [-0.25, -0.2) is 0 Å². The third-order valence-corrected chi connectivity index (χ3v) is 1.30. The molecule has 106 valence electrons. The van der Waals surface area contributed by atoms with Crippen LogP contribution < -0.4 is 5.32 Å². The predicted molar refractivity (Wildman–Crippen MR) is 70.2 cm³/mol. The van der Waals surface area contributed by atoms with Crippen LogP contribution in [0.25, 0.3) is 0 Å². The molecular formula is C12H29NO4. The normalized spacial score (nSPS) is 8.88. The Hall–Kier alpha value is -0.650. The zero-order valence-electron chi connectivity index (χ0n) is 12.1. The summed E-state index contributed by atoms with van der Waals surface area (Å²) < 4.78 is 10.1. The third kappa shape index (κ3) is 50.6. The lowest BCUT2D eigenvalue weighted by Gasteiger charge is -2.09. The van der Waals surface area contributed by atoms with Crippen LogP contribution in [0.4, 0.5) is 0 Å². The molecule has 0 amide bonds. The second-order valence-corrected chi connectivity index (χ2v) is 2.95. The average molecular weight is 251 g/mol. The van der Waals surface area contributed by atoms with E-state index in [0.29, 0.717) is 0 Å². The summed E-state index contributed by atoms with van der Waals surface area (Å²) >= 11 is 0. The van der Waals surface area contributed by atoms with Crippen molar-refractivity contribution in [3.8, 4) is 0 Å². The molecule has 0 rings (SSSR count). The summed E-state index contributed by atoms with van der Waals surface area (Å²) in [6.45, 7) is 14.7. The highest BCUT2D eigenvalue weighted by atomic mass is 16.7. The first-order valence-electron chi connectivity index (χ1n) is 6.09. The van der Waals surface area contributed by atoms with Gasteiger partial charge in [0.1, 0.15) is 0 Å². The van der Waals surface area contributed by atoms with E-state index >= 15 is 0 Å². The lowest BCUT2D eigenvalue weighted by Crippen LogP contribution is -2.11. The molecular weight excluding hydrogens is 222 g/mol. The van der Waals surface area contributed by atoms with Crippen molar-refractivity contribution < 1.29 is 19.4 Å². The molecule has 0 fully saturated rings. The maximum atomic E-state index is 9.00. The second kappa shape index (κ2) is 20.7. The van der Waals surface area contributed by atoms with Gasteiger partial charge in [0.2, 0.25) is 0 Å². The first kappa shape index (κ1) is 21.6. The van der Waals surface area contributed by atoms with Crippen molar-refractivity contribution in [1.29, 1.82) is 0 Å². The molecule has 0 saturated carbocycles. The van der Waals surface area contributed by atoms with Crippen LogP contribution in [0.1, 0.15) is 41.5 Å². The van der Waals surface area contributed by atoms with Crippen LogP contribution in [0.15, 0.2) is 0 Å². The molecule has 0 heterocycles. The van der Waals surface area contributed by atoms with Crippen LogP contribution in [0.5, 0.6) is 0 Å². The molecule has 0 unspecified atom stereocenters. The Morgan fingerprint density at radius 2 is 1.41 bits per heavy atom. The standard InChI is InChI=1S/C6H14O2.C4H11N.C2H4O2/c1-4-7-6(3)8-5-2;1-3-5-4-2;1-2(3)4/h6H,4-5H2,1-3H3;5H,3-4H2,1-2H3;1H3,(H,3,4). The van der Waals surface area contributed by atoms with E-state index in [-0.39, 0.29) is 6.29 Å². The van der Waals surface area contributed by atoms with E-state index in [0.717, 1.165) is 33.2 Å². The Kier molecular flexibility index (Phi) is 26.4. The molecule has 0 aromatic carbocycles. The first-order valence-corrected chi connectivity index (χ1v) is 6.09. The number of rotatable bonds is 6. The Bertz CT molecular complexity index is 130. The fourth-order valence-electron chi connectivity index (χ4n) is 0.768. The fourth-order valence-corrected chi connectivity index (χ4v) is 0.768. The van der Waals surface area contributed by atoms with Crippen molar-refractivity contribution in [2.75, 3.05) is 26.3 Å². The van der Waals surface area contributed by atoms with Gasteiger partial charge in [-0.15, -0.1) is 0 Å². The Labute approximate surface area is 105 Å². The Balaban J connectivity index is -0.000000188. The van der Waals surface area contributed by atoms with Gasteiger partial charge in [0.15, 0.2) is 6.29 Å². The number of carbonyl (C=O) groups is 1. The molecule has 0 aliphatic rings. The predicted octanol–water partition coefficient (Wildman–Crippen LogP) is 2.11. The van der Waals surface area contributed by atoms with Crippen LogP contribution in [-0.2, 0) is 14.3 Å². The highest BCUT2D eigenvalue weighted by Crippen LogP contribution is 1.90. The average Bonchev–Trinajstić information content (AvgIpc) is 2.19. The maximum absolute atomic E-state index is 9.00. The minimum atomic E-state index is -0.833. The molecule has 0 aliphatic heterocycles. The molecule has 17 heavy (non-hydrogen) atoms. The molecule has 0 aliphatic carbocycles. The van der Waals surface area contributed by atoms with E-state index in [1.807, 2.05) is 20.8 Å². The number of aliphatic carboxylic acids is 1. The zero-order chi connectivity index (χ0) is 14.1. The number of nitrogens with one attached hydrogen (secondary N) is 1. The van der Waals surface area contributed by atoms with Gasteiger partial charge in [-0.05, 0) is 33.9 Å². The van der Waals surface area contributed by atoms with E-state index in [2.05, 4.69) is 19.2 Å². The van der Waals surface area contributed by atoms with E-state index < -0.39 is 5.97 Å². The number of ether oxygens (including phenoxy) is 2. The summed E-state index contributed by atoms with van der Waals surface area (Å²) in [5.41, 5.74) is 0. The number of carboxylic acids is 1. The van der Waals surface area contributed by atoms with Crippen LogP contribution in [-0.4, -0.2) is 43.7 Å². The molecule has 0 spiro atoms. The van der Waals surface area contributed by atoms with Crippen molar-refractivity contribution >= 4 is 5.97 Å². The Morgan fingerprint density at radius 1 is 1.12 bits per heavy atom. The van der Waals surface area contributed by atoms with Gasteiger partial charge < -0.3 is 19.9 Å². The molecule has 0 aromatic rings. The zero-order valence-corrected chi connectivity index (χ0v) is 12.1. The van der Waals surface area contributed by atoms with Crippen molar-refractivity contribution in [3.63, 3.8) is 0 Å². The largest absolute Gasteiger partial charge is 0.481 e. The van der Waals surface area contributed by atoms with Crippen molar-refractivity contribution in [1.82, 2.24) is 5.32 Å². The monoisotopic (exact) mass is 251 g/mol. The number of hydrogen-bond acceptors (Lipinski definition) is 4. The van der Waals surface area contributed by atoms with Crippen molar-refractivity contribution in [2.45, 2.75) is 47.8 Å². The SMILES string of the molecule is CC(=O)O.CCNCC.CCOC(C)OCC. The van der Waals surface area contributed by atoms with E-state index in [9.17, 15) is 0 Å². The summed E-state index contributed by atoms with van der Waals surface area (Å²) in [5.74, 6) is -0.833. The van der Waals surface area contributed by atoms with E-state index in [1.165, 1.54) is 0 Å². The maximum Gasteiger partial charge on any atom is 0.300 e. The van der Waals surface area contributed by atoms with Gasteiger partial charge >= 0.3 is 0 Å². The molecule has 0 radical (unpaired) electrons. The first-order chi connectivity index (χ1) is 7.95. The van der Waals surface area contributed by atoms with Crippen LogP contribution in [0.3, 0.4) is 0 Å². The topological polar surface area (TPSA) is 67.8 Å². The molecule has 2 N–H and O–H groups in total. The molecule has 0 aromatic heterocycles. The lowest BCUT2D eigenvalue weighted by molar-refractivity contribution is -0.134. The van der Waals surface area contributed by atoms with Crippen LogP contribution in [0, 0.1) is 0 Å². The molecule has 5 heteroatoms. The molecule has 5 nitrogen and oxygen atoms in total. The van der Waals surface area contributed by atoms with Gasteiger partial charge in [-0.1, -0.05) is 13.8 Å². The smallest absolute Gasteiger partial charge is 0.300 e. The van der Waals surface area contributed by atoms with Gasteiger partial charge in [-0.3, -0.25) is 4.79 Å². The highest BCUT2D eigenvalue weighted by Gasteiger charge is 1.94. The van der Waals surface area contributed by atoms with Gasteiger partial charge in [0.25, 0.3) is 5.97 Å². The van der Waals surface area contributed by atoms with Gasteiger partial charge in [0, 0.05) is 20.1 Å². The number of hydrogen-bond donors (Lipinski definition) is 2. The van der Waals surface area contributed by atoms with Crippen LogP contribution >= 0.6 is 0 Å². The minimum absolute atomic E-state index is 0.0370. The quantitative estimate of drug-likeness (QED) is 0.708. The molecule has 0 saturated heterocycles. The van der Waals surface area contributed by atoms with Gasteiger partial charge in [0.05, 0.1) is 0 Å². The minimum Gasteiger partial charge on any atom is -0.481 e. The highest BCUT2D eigenvalue weighted by molar-refractivity contribution is 5.62. The lowest BCUT2D eigenvalue weighted by atomic mass is 10.7. The van der Waals surface area contributed by atoms with Crippen LogP contribution in [0.2, 0.25) is 0 Å². The summed E-state index contributed by atoms with van der Waals surface area (Å²) in [6.07, 6.45) is -0.0370. The summed E-state index contributed by atoms with van der Waals surface area (Å²) in [7, 11) is 0. The van der Waals surface area contributed by atoms with E-state index in [4.69, 9.17) is 19.4 Å². The number of carboxylic acid groups (broad SMARTS) is 1. The summed E-state index contributed by atoms with van der Waals surface area (Å²) in [6, 6.07) is 0. The fraction of sp³-hybridized carbons (Fsp3) is 0.917. The Morgan fingerprint density at radius 3 is 1.53 bits per heavy atom. The van der Waals surface area contributed by atoms with Crippen molar-refractivity contribution in [2.24, 2.45) is 0 Å². The summed E-state index contributed by atoms with van der Waals surface area (Å²) in [5, 5.41) is 10.5. The molecule has 0 atom stereocenters. The summed E-state index contributed by atoms with van der Waals surface area (Å²) in [4.78, 5) is 9.00. The third-order valence-electron chi connectivity index (χ3n) is 1.30. The molecule has 0 bridgehead atoms.